The number of fused-ring (bicyclic) bond motifs is 1. The largest absolute Gasteiger partial charge is 1.00 e. The zero-order chi connectivity index (χ0) is 34.9. The fourth-order valence-corrected chi connectivity index (χ4v) is 5.24. The SMILES string of the molecule is CCCOc1ccc(-c2cc(C(CCCOP(=O)(O)O)(C(=O)[O-])n3cc4nc(-c5cccc(F)c5F)nc-4cn3)on2)c(C(F)(F)F)c1.[Na+]. The molecule has 0 aliphatic carbocycles. The fraction of sp³-hybridized carbons (Fsp3) is 0.276. The number of benzene rings is 2. The summed E-state index contributed by atoms with van der Waals surface area (Å²) in [6, 6.07) is 7.38. The van der Waals surface area contributed by atoms with Gasteiger partial charge < -0.3 is 28.9 Å². The average Bonchev–Trinajstić information content (AvgIpc) is 3.68. The van der Waals surface area contributed by atoms with Crippen LogP contribution < -0.4 is 39.4 Å². The Morgan fingerprint density at radius 1 is 1.04 bits per heavy atom. The minimum absolute atomic E-state index is 0. The number of alkyl halides is 3. The molecule has 254 valence electrons. The van der Waals surface area contributed by atoms with Gasteiger partial charge in [-0.3, -0.25) is 9.21 Å². The van der Waals surface area contributed by atoms with Crippen molar-refractivity contribution in [2.75, 3.05) is 13.2 Å². The number of hydrogen-bond donors (Lipinski definition) is 2. The van der Waals surface area contributed by atoms with Crippen molar-refractivity contribution in [2.24, 2.45) is 0 Å². The van der Waals surface area contributed by atoms with Crippen LogP contribution in [0.15, 0.2) is 59.4 Å². The molecule has 2 aliphatic heterocycles. The Morgan fingerprint density at radius 2 is 1.78 bits per heavy atom. The molecule has 49 heavy (non-hydrogen) atoms. The molecule has 0 radical (unpaired) electrons. The molecule has 0 amide bonds. The maximum absolute atomic E-state index is 14.5. The van der Waals surface area contributed by atoms with Crippen LogP contribution in [0.4, 0.5) is 22.0 Å². The third-order valence-corrected chi connectivity index (χ3v) is 7.61. The maximum atomic E-state index is 14.5. The molecule has 0 saturated heterocycles. The fourth-order valence-electron chi connectivity index (χ4n) is 4.88. The maximum Gasteiger partial charge on any atom is 1.00 e. The molecule has 2 N–H and O–H groups in total. The van der Waals surface area contributed by atoms with Crippen LogP contribution in [0, 0.1) is 11.6 Å². The van der Waals surface area contributed by atoms with Crippen LogP contribution in [0.25, 0.3) is 34.0 Å². The first-order valence-corrected chi connectivity index (χ1v) is 15.6. The second-order valence-corrected chi connectivity index (χ2v) is 11.6. The molecule has 1 atom stereocenters. The predicted molar refractivity (Wildman–Crippen MR) is 152 cm³/mol. The summed E-state index contributed by atoms with van der Waals surface area (Å²) in [5.74, 6) is -5.22. The second kappa shape index (κ2) is 15.0. The number of carbonyl (C=O) groups excluding carboxylic acids is 1. The van der Waals surface area contributed by atoms with Crippen molar-refractivity contribution in [3.8, 4) is 39.8 Å². The van der Waals surface area contributed by atoms with Crippen molar-refractivity contribution in [1.82, 2.24) is 24.9 Å². The summed E-state index contributed by atoms with van der Waals surface area (Å²) >= 11 is 0. The summed E-state index contributed by atoms with van der Waals surface area (Å²) in [7, 11) is -4.96. The first kappa shape index (κ1) is 38.0. The van der Waals surface area contributed by atoms with Gasteiger partial charge in [0, 0.05) is 11.6 Å². The number of aromatic nitrogens is 5. The third-order valence-electron chi connectivity index (χ3n) is 7.09. The first-order chi connectivity index (χ1) is 22.6. The van der Waals surface area contributed by atoms with E-state index in [1.807, 2.05) is 0 Å². The van der Waals surface area contributed by atoms with Crippen LogP contribution in [0.5, 0.6) is 5.75 Å². The van der Waals surface area contributed by atoms with Crippen LogP contribution in [0.1, 0.15) is 37.5 Å². The average molecular weight is 719 g/mol. The Morgan fingerprint density at radius 3 is 2.45 bits per heavy atom. The molecule has 2 aliphatic rings. The number of carboxylic acids is 1. The molecular weight excluding hydrogens is 695 g/mol. The number of ether oxygens (including phenoxy) is 1. The zero-order valence-electron chi connectivity index (χ0n) is 25.6. The van der Waals surface area contributed by atoms with Gasteiger partial charge in [0.1, 0.15) is 22.8 Å². The quantitative estimate of drug-likeness (QED) is 0.0776. The molecule has 13 nitrogen and oxygen atoms in total. The number of nitrogens with zero attached hydrogens (tertiary/aromatic N) is 5. The molecule has 0 bridgehead atoms. The van der Waals surface area contributed by atoms with Crippen molar-refractivity contribution in [3.63, 3.8) is 0 Å². The van der Waals surface area contributed by atoms with Gasteiger partial charge in [-0.05, 0) is 49.6 Å². The van der Waals surface area contributed by atoms with Gasteiger partial charge in [-0.25, -0.2) is 23.3 Å². The van der Waals surface area contributed by atoms with E-state index in [2.05, 4.69) is 24.7 Å². The summed E-state index contributed by atoms with van der Waals surface area (Å²) in [5.41, 5.74) is -4.91. The summed E-state index contributed by atoms with van der Waals surface area (Å²) in [6.45, 7) is 1.27. The number of imidazole rings is 1. The molecule has 1 aromatic heterocycles. The number of aliphatic carboxylic acids is 1. The van der Waals surface area contributed by atoms with E-state index in [4.69, 9.17) is 19.0 Å². The number of carboxylic acid groups (broad SMARTS) is 1. The van der Waals surface area contributed by atoms with E-state index < -0.39 is 72.8 Å². The molecule has 0 fully saturated rings. The van der Waals surface area contributed by atoms with Gasteiger partial charge in [0.15, 0.2) is 28.8 Å². The number of phosphoric acid groups is 1. The number of halogens is 5. The van der Waals surface area contributed by atoms with Gasteiger partial charge in [0.05, 0.1) is 42.7 Å². The van der Waals surface area contributed by atoms with Crippen LogP contribution in [0.2, 0.25) is 0 Å². The Bertz CT molecular complexity index is 1970. The van der Waals surface area contributed by atoms with Crippen molar-refractivity contribution in [3.05, 3.63) is 77.8 Å². The van der Waals surface area contributed by atoms with E-state index in [1.165, 1.54) is 18.2 Å². The van der Waals surface area contributed by atoms with Crippen molar-refractivity contribution < 1.29 is 89.5 Å². The van der Waals surface area contributed by atoms with Gasteiger partial charge in [-0.15, -0.1) is 0 Å². The Hall–Kier alpha value is -3.77. The van der Waals surface area contributed by atoms with Crippen molar-refractivity contribution in [1.29, 1.82) is 0 Å². The topological polar surface area (TPSA) is 186 Å². The molecule has 0 saturated carbocycles. The van der Waals surface area contributed by atoms with Crippen LogP contribution in [-0.2, 0) is 25.6 Å². The number of carbonyl (C=O) groups is 1. The van der Waals surface area contributed by atoms with Gasteiger partial charge in [0.2, 0.25) is 0 Å². The van der Waals surface area contributed by atoms with E-state index in [0.29, 0.717) is 6.42 Å². The first-order valence-electron chi connectivity index (χ1n) is 14.0. The van der Waals surface area contributed by atoms with Gasteiger partial charge >= 0.3 is 43.6 Å². The van der Waals surface area contributed by atoms with Gasteiger partial charge in [-0.1, -0.05) is 18.1 Å². The summed E-state index contributed by atoms with van der Waals surface area (Å²) in [4.78, 5) is 39.4. The van der Waals surface area contributed by atoms with E-state index in [1.54, 1.807) is 6.92 Å². The summed E-state index contributed by atoms with van der Waals surface area (Å²) in [5, 5.41) is 20.8. The van der Waals surface area contributed by atoms with E-state index in [0.717, 1.165) is 41.3 Å². The Kier molecular flexibility index (Phi) is 11.6. The third kappa shape index (κ3) is 8.17. The van der Waals surface area contributed by atoms with E-state index in [-0.39, 0.29) is 71.1 Å². The molecular formula is C29H24F5N5NaO8P. The van der Waals surface area contributed by atoms with Crippen molar-refractivity contribution >= 4 is 13.8 Å². The van der Waals surface area contributed by atoms with E-state index in [9.17, 15) is 36.4 Å². The van der Waals surface area contributed by atoms with Crippen LogP contribution in [0.3, 0.4) is 0 Å². The van der Waals surface area contributed by atoms with Crippen LogP contribution in [-0.4, -0.2) is 53.9 Å². The smallest absolute Gasteiger partial charge is 0.547 e. The minimum Gasteiger partial charge on any atom is -0.547 e. The molecule has 5 rings (SSSR count). The van der Waals surface area contributed by atoms with E-state index >= 15 is 0 Å². The number of phosphoric ester groups is 1. The standard InChI is InChI=1S/C29H25F5N5O8P.Na/c1-2-10-45-16-7-8-17(19(12-16)29(32,33)34)21-13-24(47-38-21)28(27(40)41,9-4-11-46-48(42,43)44)39-15-23-22(14-35-39)36-26(37-23)18-5-3-6-20(30)25(18)31;/h3,5-8,12-15H,2,4,9-11H2,1H3,(H,40,41)(H2,42,43,44);/q;+1/p-1. The predicted octanol–water partition coefficient (Wildman–Crippen LogP) is 1.57. The second-order valence-electron chi connectivity index (χ2n) is 10.3. The van der Waals surface area contributed by atoms with Crippen molar-refractivity contribution in [2.45, 2.75) is 37.9 Å². The molecule has 3 heterocycles. The van der Waals surface area contributed by atoms with Crippen LogP contribution >= 0.6 is 7.82 Å². The number of hydrogen-bond acceptors (Lipinski definition) is 10. The summed E-state index contributed by atoms with van der Waals surface area (Å²) in [6.07, 6.45) is -3.25. The molecule has 1 unspecified atom stereocenters. The normalized spacial score (nSPS) is 13.2. The zero-order valence-corrected chi connectivity index (χ0v) is 28.5. The Balaban J connectivity index is 0.00000541. The minimum atomic E-state index is -4.96. The van der Waals surface area contributed by atoms with Gasteiger partial charge in [0.25, 0.3) is 0 Å². The molecule has 2 aromatic carbocycles. The molecule has 3 aromatic rings. The summed E-state index contributed by atoms with van der Waals surface area (Å²) < 4.78 is 97.8. The molecule has 20 heteroatoms. The Labute approximate surface area is 295 Å². The number of rotatable bonds is 13. The van der Waals surface area contributed by atoms with Gasteiger partial charge in [-0.2, -0.15) is 18.3 Å². The molecule has 0 spiro atoms. The monoisotopic (exact) mass is 719 g/mol.